The first kappa shape index (κ1) is 11.9. The molecule has 1 rings (SSSR count). The predicted molar refractivity (Wildman–Crippen MR) is 59.7 cm³/mol. The monoisotopic (exact) mass is 228 g/mol. The Morgan fingerprint density at radius 2 is 2.00 bits per heavy atom. The Kier molecular flexibility index (Phi) is 4.05. The fraction of sp³-hybridized carbons (Fsp3) is 0.400. The summed E-state index contributed by atoms with van der Waals surface area (Å²) in [7, 11) is 0. The van der Waals surface area contributed by atoms with Gasteiger partial charge in [0.2, 0.25) is 6.04 Å². The molecular weight excluding hydrogens is 216 g/mol. The first-order valence-corrected chi connectivity index (χ1v) is 5.03. The molecule has 1 aromatic carbocycles. The van der Waals surface area contributed by atoms with Gasteiger partial charge in [-0.05, 0) is 17.7 Å². The summed E-state index contributed by atoms with van der Waals surface area (Å²) in [5.41, 5.74) is 6.40. The number of hydrogen-bond acceptors (Lipinski definition) is 3. The second-order valence-corrected chi connectivity index (χ2v) is 3.86. The molecule has 0 fully saturated rings. The van der Waals surface area contributed by atoms with Gasteiger partial charge in [-0.3, -0.25) is 10.1 Å². The van der Waals surface area contributed by atoms with E-state index < -0.39 is 6.04 Å². The molecule has 0 saturated heterocycles. The lowest BCUT2D eigenvalue weighted by molar-refractivity contribution is -0.521. The van der Waals surface area contributed by atoms with Crippen LogP contribution in [0.5, 0.6) is 0 Å². The fourth-order valence-electron chi connectivity index (χ4n) is 1.47. The van der Waals surface area contributed by atoms with E-state index in [0.717, 1.165) is 5.56 Å². The van der Waals surface area contributed by atoms with Crippen molar-refractivity contribution in [3.8, 4) is 0 Å². The minimum atomic E-state index is -0.684. The van der Waals surface area contributed by atoms with Gasteiger partial charge in [0.25, 0.3) is 0 Å². The molecular formula is C10H13ClN2O2. The molecule has 0 radical (unpaired) electrons. The van der Waals surface area contributed by atoms with Crippen LogP contribution in [-0.2, 0) is 0 Å². The molecule has 82 valence electrons. The molecule has 2 N–H and O–H groups in total. The molecule has 0 saturated carbocycles. The largest absolute Gasteiger partial charge is 0.330 e. The SMILES string of the molecule is CC(C(CN)c1ccc(Cl)cc1)[N+](=O)[O-]. The van der Waals surface area contributed by atoms with Crippen LogP contribution in [0.1, 0.15) is 18.4 Å². The van der Waals surface area contributed by atoms with Crippen LogP contribution in [0.3, 0.4) is 0 Å². The van der Waals surface area contributed by atoms with Crippen LogP contribution in [0.25, 0.3) is 0 Å². The molecule has 0 amide bonds. The van der Waals surface area contributed by atoms with Crippen LogP contribution >= 0.6 is 11.6 Å². The van der Waals surface area contributed by atoms with Crippen LogP contribution in [0.4, 0.5) is 0 Å². The molecule has 4 nitrogen and oxygen atoms in total. The molecule has 0 aromatic heterocycles. The Bertz CT molecular complexity index is 340. The van der Waals surface area contributed by atoms with E-state index in [1.807, 2.05) is 0 Å². The Morgan fingerprint density at radius 3 is 2.40 bits per heavy atom. The lowest BCUT2D eigenvalue weighted by Gasteiger charge is -2.16. The highest BCUT2D eigenvalue weighted by molar-refractivity contribution is 6.30. The minimum absolute atomic E-state index is 0.254. The highest BCUT2D eigenvalue weighted by Crippen LogP contribution is 2.22. The molecule has 15 heavy (non-hydrogen) atoms. The van der Waals surface area contributed by atoms with E-state index in [2.05, 4.69) is 0 Å². The molecule has 2 atom stereocenters. The standard InChI is InChI=1S/C10H13ClN2O2/c1-7(13(14)15)10(6-12)8-2-4-9(11)5-3-8/h2-5,7,10H,6,12H2,1H3. The second kappa shape index (κ2) is 5.09. The summed E-state index contributed by atoms with van der Waals surface area (Å²) >= 11 is 5.74. The molecule has 0 aliphatic carbocycles. The highest BCUT2D eigenvalue weighted by atomic mass is 35.5. The number of nitrogens with two attached hydrogens (primary N) is 1. The lowest BCUT2D eigenvalue weighted by atomic mass is 9.93. The molecule has 0 heterocycles. The maximum absolute atomic E-state index is 10.7. The number of rotatable bonds is 4. The van der Waals surface area contributed by atoms with Gasteiger partial charge in [-0.1, -0.05) is 23.7 Å². The topological polar surface area (TPSA) is 69.2 Å². The first-order chi connectivity index (χ1) is 7.06. The summed E-state index contributed by atoms with van der Waals surface area (Å²) in [6.07, 6.45) is 0. The van der Waals surface area contributed by atoms with E-state index in [1.54, 1.807) is 31.2 Å². The normalized spacial score (nSPS) is 14.6. The molecule has 0 aliphatic heterocycles. The summed E-state index contributed by atoms with van der Waals surface area (Å²) in [5.74, 6) is -0.266. The maximum atomic E-state index is 10.7. The highest BCUT2D eigenvalue weighted by Gasteiger charge is 2.26. The quantitative estimate of drug-likeness (QED) is 0.633. The van der Waals surface area contributed by atoms with Crippen molar-refractivity contribution in [1.82, 2.24) is 0 Å². The van der Waals surface area contributed by atoms with Gasteiger partial charge >= 0.3 is 0 Å². The van der Waals surface area contributed by atoms with Crippen molar-refractivity contribution >= 4 is 11.6 Å². The number of halogens is 1. The van der Waals surface area contributed by atoms with Crippen molar-refractivity contribution in [2.45, 2.75) is 18.9 Å². The van der Waals surface area contributed by atoms with Crippen molar-refractivity contribution < 1.29 is 4.92 Å². The van der Waals surface area contributed by atoms with Gasteiger partial charge in [0.15, 0.2) is 0 Å². The number of nitro groups is 1. The van der Waals surface area contributed by atoms with E-state index in [9.17, 15) is 10.1 Å². The number of hydrogen-bond donors (Lipinski definition) is 1. The zero-order chi connectivity index (χ0) is 11.4. The van der Waals surface area contributed by atoms with Crippen LogP contribution in [0.2, 0.25) is 5.02 Å². The molecule has 0 bridgehead atoms. The minimum Gasteiger partial charge on any atom is -0.330 e. The Morgan fingerprint density at radius 1 is 1.47 bits per heavy atom. The van der Waals surface area contributed by atoms with Crippen molar-refractivity contribution in [3.63, 3.8) is 0 Å². The Balaban J connectivity index is 2.92. The van der Waals surface area contributed by atoms with Crippen molar-refractivity contribution in [2.24, 2.45) is 5.73 Å². The predicted octanol–water partition coefficient (Wildman–Crippen LogP) is 2.05. The summed E-state index contributed by atoms with van der Waals surface area (Å²) in [6.45, 7) is 1.82. The smallest absolute Gasteiger partial charge is 0.218 e. The number of nitrogens with zero attached hydrogens (tertiary/aromatic N) is 1. The van der Waals surface area contributed by atoms with Gasteiger partial charge in [0.05, 0.1) is 5.92 Å². The van der Waals surface area contributed by atoms with Gasteiger partial charge in [-0.2, -0.15) is 0 Å². The molecule has 0 aliphatic rings. The maximum Gasteiger partial charge on any atom is 0.218 e. The molecule has 1 aromatic rings. The van der Waals surface area contributed by atoms with Gasteiger partial charge in [-0.25, -0.2) is 0 Å². The van der Waals surface area contributed by atoms with Crippen LogP contribution in [0, 0.1) is 10.1 Å². The summed E-state index contributed by atoms with van der Waals surface area (Å²) < 4.78 is 0. The van der Waals surface area contributed by atoms with E-state index in [1.165, 1.54) is 0 Å². The zero-order valence-corrected chi connectivity index (χ0v) is 9.15. The third-order valence-electron chi connectivity index (χ3n) is 2.47. The molecule has 5 heteroatoms. The van der Waals surface area contributed by atoms with E-state index in [4.69, 9.17) is 17.3 Å². The zero-order valence-electron chi connectivity index (χ0n) is 8.39. The van der Waals surface area contributed by atoms with Gasteiger partial charge < -0.3 is 5.73 Å². The van der Waals surface area contributed by atoms with Crippen molar-refractivity contribution in [1.29, 1.82) is 0 Å². The summed E-state index contributed by atoms with van der Waals surface area (Å²) in [5, 5.41) is 11.3. The van der Waals surface area contributed by atoms with Gasteiger partial charge in [-0.15, -0.1) is 0 Å². The van der Waals surface area contributed by atoms with E-state index >= 15 is 0 Å². The average molecular weight is 229 g/mol. The van der Waals surface area contributed by atoms with Gasteiger partial charge in [0, 0.05) is 23.4 Å². The van der Waals surface area contributed by atoms with Crippen LogP contribution < -0.4 is 5.73 Å². The Hall–Kier alpha value is -1.13. The molecule has 0 spiro atoms. The van der Waals surface area contributed by atoms with Crippen molar-refractivity contribution in [3.05, 3.63) is 45.0 Å². The second-order valence-electron chi connectivity index (χ2n) is 3.42. The van der Waals surface area contributed by atoms with Crippen molar-refractivity contribution in [2.75, 3.05) is 6.54 Å². The summed E-state index contributed by atoms with van der Waals surface area (Å²) in [4.78, 5) is 10.4. The number of benzene rings is 1. The van der Waals surface area contributed by atoms with Crippen LogP contribution in [0.15, 0.2) is 24.3 Å². The van der Waals surface area contributed by atoms with Gasteiger partial charge in [0.1, 0.15) is 0 Å². The molecule has 2 unspecified atom stereocenters. The third kappa shape index (κ3) is 2.91. The van der Waals surface area contributed by atoms with E-state index in [-0.39, 0.29) is 17.4 Å². The fourth-order valence-corrected chi connectivity index (χ4v) is 1.59. The lowest BCUT2D eigenvalue weighted by Crippen LogP contribution is -2.29. The third-order valence-corrected chi connectivity index (χ3v) is 2.72. The summed E-state index contributed by atoms with van der Waals surface area (Å²) in [6, 6.07) is 6.30. The Labute approximate surface area is 93.2 Å². The van der Waals surface area contributed by atoms with E-state index in [0.29, 0.717) is 5.02 Å². The first-order valence-electron chi connectivity index (χ1n) is 4.65. The van der Waals surface area contributed by atoms with Crippen LogP contribution in [-0.4, -0.2) is 17.5 Å². The average Bonchev–Trinajstić information content (AvgIpc) is 2.21.